The SMILES string of the molecule is CCOC(=O)CNN=C=O. The number of hydrazone groups is 1. The van der Waals surface area contributed by atoms with Crippen LogP contribution >= 0.6 is 0 Å². The molecule has 0 spiro atoms. The van der Waals surface area contributed by atoms with E-state index in [1.165, 1.54) is 6.08 Å². The van der Waals surface area contributed by atoms with Gasteiger partial charge in [-0.25, -0.2) is 4.79 Å². The first-order valence-corrected chi connectivity index (χ1v) is 2.76. The van der Waals surface area contributed by atoms with Crippen molar-refractivity contribution in [3.05, 3.63) is 0 Å². The Labute approximate surface area is 58.1 Å². The lowest BCUT2D eigenvalue weighted by atomic mass is 10.7. The molecule has 0 aromatic heterocycles. The smallest absolute Gasteiger partial charge is 0.327 e. The van der Waals surface area contributed by atoms with E-state index in [2.05, 4.69) is 15.3 Å². The standard InChI is InChI=1S/C5H8N2O3/c1-2-10-5(9)3-6-7-4-8/h6H,2-3H2,1H3. The maximum atomic E-state index is 10.4. The van der Waals surface area contributed by atoms with E-state index in [1.807, 2.05) is 0 Å². The van der Waals surface area contributed by atoms with E-state index >= 15 is 0 Å². The van der Waals surface area contributed by atoms with Gasteiger partial charge in [-0.2, -0.15) is 0 Å². The molecule has 0 radical (unpaired) electrons. The number of nitrogens with one attached hydrogen (secondary N) is 1. The largest absolute Gasteiger partial charge is 0.465 e. The van der Waals surface area contributed by atoms with Crippen LogP contribution in [0, 0.1) is 0 Å². The Bertz CT molecular complexity index is 151. The molecule has 0 aliphatic heterocycles. The van der Waals surface area contributed by atoms with Gasteiger partial charge < -0.3 is 4.74 Å². The summed E-state index contributed by atoms with van der Waals surface area (Å²) in [5, 5.41) is 2.94. The van der Waals surface area contributed by atoms with Crippen LogP contribution in [0.5, 0.6) is 0 Å². The van der Waals surface area contributed by atoms with Gasteiger partial charge >= 0.3 is 5.97 Å². The highest BCUT2D eigenvalue weighted by atomic mass is 16.5. The first-order valence-electron chi connectivity index (χ1n) is 2.76. The second kappa shape index (κ2) is 5.78. The van der Waals surface area contributed by atoms with Crippen LogP contribution in [-0.2, 0) is 14.3 Å². The van der Waals surface area contributed by atoms with Gasteiger partial charge in [0.1, 0.15) is 6.54 Å². The molecule has 0 amide bonds. The topological polar surface area (TPSA) is 67.8 Å². The highest BCUT2D eigenvalue weighted by molar-refractivity contribution is 5.71. The van der Waals surface area contributed by atoms with E-state index in [0.717, 1.165) is 0 Å². The summed E-state index contributed by atoms with van der Waals surface area (Å²) in [5.74, 6) is -0.443. The molecule has 5 heteroatoms. The quantitative estimate of drug-likeness (QED) is 0.247. The molecule has 0 aliphatic carbocycles. The Morgan fingerprint density at radius 1 is 1.80 bits per heavy atom. The number of rotatable bonds is 4. The van der Waals surface area contributed by atoms with Gasteiger partial charge in [-0.3, -0.25) is 10.2 Å². The Morgan fingerprint density at radius 3 is 3.00 bits per heavy atom. The van der Waals surface area contributed by atoms with Gasteiger partial charge in [-0.05, 0) is 6.92 Å². The van der Waals surface area contributed by atoms with Gasteiger partial charge in [0.15, 0.2) is 0 Å². The molecule has 5 nitrogen and oxygen atoms in total. The average molecular weight is 144 g/mol. The van der Waals surface area contributed by atoms with Crippen LogP contribution in [0.1, 0.15) is 6.92 Å². The summed E-state index contributed by atoms with van der Waals surface area (Å²) in [6.07, 6.45) is 1.22. The predicted molar refractivity (Wildman–Crippen MR) is 32.8 cm³/mol. The Balaban J connectivity index is 3.30. The Kier molecular flexibility index (Phi) is 5.00. The minimum Gasteiger partial charge on any atom is -0.465 e. The summed E-state index contributed by atoms with van der Waals surface area (Å²) in [5.41, 5.74) is 2.15. The Hall–Kier alpha value is -1.35. The summed E-state index contributed by atoms with van der Waals surface area (Å²) >= 11 is 0. The monoisotopic (exact) mass is 144 g/mol. The molecule has 1 N–H and O–H groups in total. The van der Waals surface area contributed by atoms with Crippen LogP contribution in [0.4, 0.5) is 0 Å². The van der Waals surface area contributed by atoms with Crippen LogP contribution in [0.3, 0.4) is 0 Å². The van der Waals surface area contributed by atoms with Crippen molar-refractivity contribution in [1.29, 1.82) is 0 Å². The second-order valence-corrected chi connectivity index (χ2v) is 1.34. The van der Waals surface area contributed by atoms with Gasteiger partial charge in [0.2, 0.25) is 0 Å². The second-order valence-electron chi connectivity index (χ2n) is 1.34. The van der Waals surface area contributed by atoms with E-state index in [1.54, 1.807) is 6.92 Å². The van der Waals surface area contributed by atoms with Gasteiger partial charge in [-0.15, -0.1) is 0 Å². The molecule has 0 atom stereocenters. The molecule has 0 unspecified atom stereocenters. The molecular formula is C5H8N2O3. The number of carbonyl (C=O) groups is 1. The maximum Gasteiger partial charge on any atom is 0.327 e. The normalized spacial score (nSPS) is 7.70. The molecule has 10 heavy (non-hydrogen) atoms. The fourth-order valence-electron chi connectivity index (χ4n) is 0.348. The summed E-state index contributed by atoms with van der Waals surface area (Å²) in [4.78, 5) is 19.9. The van der Waals surface area contributed by atoms with Gasteiger partial charge in [0.05, 0.1) is 6.61 Å². The van der Waals surface area contributed by atoms with Crippen LogP contribution in [0.2, 0.25) is 0 Å². The van der Waals surface area contributed by atoms with Crippen LogP contribution < -0.4 is 5.43 Å². The molecule has 0 saturated heterocycles. The number of isocyanates is 1. The number of carbonyl (C=O) groups excluding carboxylic acids is 2. The summed E-state index contributed by atoms with van der Waals surface area (Å²) < 4.78 is 4.50. The molecule has 0 saturated carbocycles. The highest BCUT2D eigenvalue weighted by Crippen LogP contribution is 1.73. The van der Waals surface area contributed by atoms with Crippen LogP contribution in [-0.4, -0.2) is 25.2 Å². The lowest BCUT2D eigenvalue weighted by Crippen LogP contribution is -2.20. The van der Waals surface area contributed by atoms with Crippen molar-refractivity contribution in [1.82, 2.24) is 5.43 Å². The summed E-state index contributed by atoms with van der Waals surface area (Å²) in [6.45, 7) is 1.93. The molecule has 0 bridgehead atoms. The molecule has 0 rings (SSSR count). The first-order chi connectivity index (χ1) is 4.81. The molecule has 0 fully saturated rings. The number of hydrogen-bond donors (Lipinski definition) is 1. The zero-order valence-corrected chi connectivity index (χ0v) is 5.59. The van der Waals surface area contributed by atoms with Gasteiger partial charge in [0.25, 0.3) is 6.08 Å². The lowest BCUT2D eigenvalue weighted by molar-refractivity contribution is -0.141. The fourth-order valence-corrected chi connectivity index (χ4v) is 0.348. The van der Waals surface area contributed by atoms with Crippen molar-refractivity contribution in [2.24, 2.45) is 5.10 Å². The van der Waals surface area contributed by atoms with E-state index in [0.29, 0.717) is 6.61 Å². The minimum absolute atomic E-state index is 0.0942. The fraction of sp³-hybridized carbons (Fsp3) is 0.600. The van der Waals surface area contributed by atoms with Gasteiger partial charge in [-0.1, -0.05) is 5.10 Å². The third-order valence-corrected chi connectivity index (χ3v) is 0.653. The zero-order chi connectivity index (χ0) is 7.82. The number of nitrogens with zero attached hydrogens (tertiary/aromatic N) is 1. The van der Waals surface area contributed by atoms with Crippen molar-refractivity contribution in [3.63, 3.8) is 0 Å². The van der Waals surface area contributed by atoms with Crippen LogP contribution in [0.15, 0.2) is 5.10 Å². The first kappa shape index (κ1) is 8.65. The zero-order valence-electron chi connectivity index (χ0n) is 5.59. The van der Waals surface area contributed by atoms with Crippen molar-refractivity contribution in [2.75, 3.05) is 13.2 Å². The molecule has 0 aliphatic rings. The van der Waals surface area contributed by atoms with Crippen molar-refractivity contribution >= 4 is 12.0 Å². The number of ether oxygens (including phenoxy) is 1. The van der Waals surface area contributed by atoms with E-state index in [-0.39, 0.29) is 6.54 Å². The average Bonchev–Trinajstić information content (AvgIpc) is 1.89. The number of esters is 1. The summed E-state index contributed by atoms with van der Waals surface area (Å²) in [7, 11) is 0. The van der Waals surface area contributed by atoms with Crippen molar-refractivity contribution < 1.29 is 14.3 Å². The number of hydrogen-bond acceptors (Lipinski definition) is 5. The highest BCUT2D eigenvalue weighted by Gasteiger charge is 1.96. The maximum absolute atomic E-state index is 10.4. The third kappa shape index (κ3) is 4.80. The molecule has 56 valence electrons. The van der Waals surface area contributed by atoms with E-state index in [4.69, 9.17) is 0 Å². The van der Waals surface area contributed by atoms with Gasteiger partial charge in [0, 0.05) is 0 Å². The predicted octanol–water partition coefficient (Wildman–Crippen LogP) is -0.610. The van der Waals surface area contributed by atoms with Crippen LogP contribution in [0.25, 0.3) is 0 Å². The summed E-state index contributed by atoms with van der Waals surface area (Å²) in [6, 6.07) is 0. The van der Waals surface area contributed by atoms with Crippen molar-refractivity contribution in [3.8, 4) is 0 Å². The minimum atomic E-state index is -0.443. The van der Waals surface area contributed by atoms with E-state index in [9.17, 15) is 9.59 Å². The van der Waals surface area contributed by atoms with E-state index < -0.39 is 5.97 Å². The molecule has 0 heterocycles. The molecule has 0 aromatic rings. The molecule has 0 aromatic carbocycles. The third-order valence-electron chi connectivity index (χ3n) is 0.653. The van der Waals surface area contributed by atoms with Crippen molar-refractivity contribution in [2.45, 2.75) is 6.92 Å². The molecular weight excluding hydrogens is 136 g/mol. The Morgan fingerprint density at radius 2 is 2.50 bits per heavy atom. The lowest BCUT2D eigenvalue weighted by Gasteiger charge is -1.97.